The molecule has 2 aromatic heterocycles. The van der Waals surface area contributed by atoms with E-state index in [1.54, 1.807) is 35.0 Å². The van der Waals surface area contributed by atoms with Crippen LogP contribution in [0.25, 0.3) is 11.4 Å². The lowest BCUT2D eigenvalue weighted by atomic mass is 10.2. The second-order valence-corrected chi connectivity index (χ2v) is 5.80. The number of carbonyl (C=O) groups excluding carboxylic acids is 1. The van der Waals surface area contributed by atoms with E-state index in [2.05, 4.69) is 20.6 Å². The summed E-state index contributed by atoms with van der Waals surface area (Å²) in [5.74, 6) is -2.60. The van der Waals surface area contributed by atoms with Gasteiger partial charge in [-0.25, -0.2) is 14.6 Å². The monoisotopic (exact) mass is 372 g/mol. The number of nitrogens with one attached hydrogen (secondary N) is 3. The van der Waals surface area contributed by atoms with Gasteiger partial charge in [-0.05, 0) is 12.1 Å². The van der Waals surface area contributed by atoms with Crippen molar-refractivity contribution in [3.63, 3.8) is 0 Å². The minimum absolute atomic E-state index is 0.0820. The Morgan fingerprint density at radius 3 is 2.54 bits per heavy atom. The molecule has 0 bridgehead atoms. The first-order valence-electron chi connectivity index (χ1n) is 7.22. The van der Waals surface area contributed by atoms with Crippen molar-refractivity contribution in [1.82, 2.24) is 9.97 Å². The molecule has 2 amide bonds. The molecule has 0 aliphatic heterocycles. The molecule has 3 aromatic rings. The van der Waals surface area contributed by atoms with E-state index in [-0.39, 0.29) is 5.82 Å². The Labute approximate surface area is 150 Å². The fourth-order valence-electron chi connectivity index (χ4n) is 2.13. The number of carbonyl (C=O) groups is 2. The molecule has 0 aliphatic rings. The van der Waals surface area contributed by atoms with E-state index in [9.17, 15) is 19.5 Å². The number of H-pyrrole nitrogens is 1. The summed E-state index contributed by atoms with van der Waals surface area (Å²) in [5, 5.41) is 27.0. The summed E-state index contributed by atoms with van der Waals surface area (Å²) >= 11 is 1.22. The summed E-state index contributed by atoms with van der Waals surface area (Å²) in [4.78, 5) is 41.0. The number of aromatic amines is 1. The number of hydrogen-bond donors (Lipinski definition) is 5. The largest absolute Gasteiger partial charge is 0.501 e. The predicted molar refractivity (Wildman–Crippen MR) is 95.9 cm³/mol. The molecule has 0 radical (unpaired) electrons. The van der Waals surface area contributed by atoms with Gasteiger partial charge in [0, 0.05) is 16.4 Å². The first kappa shape index (κ1) is 17.2. The fourth-order valence-corrected chi connectivity index (χ4v) is 2.89. The molecule has 0 unspecified atom stereocenters. The molecule has 5 N–H and O–H groups in total. The topological polar surface area (TPSA) is 144 Å². The lowest BCUT2D eigenvalue weighted by Crippen LogP contribution is -2.20. The van der Waals surface area contributed by atoms with Gasteiger partial charge in [-0.15, -0.1) is 11.3 Å². The fraction of sp³-hybridized carbons (Fsp3) is 0. The van der Waals surface area contributed by atoms with Gasteiger partial charge in [0.05, 0.1) is 11.3 Å². The molecule has 0 saturated heterocycles. The maximum Gasteiger partial charge on any atom is 0.358 e. The van der Waals surface area contributed by atoms with Crippen LogP contribution in [0.15, 0.2) is 45.9 Å². The summed E-state index contributed by atoms with van der Waals surface area (Å²) in [7, 11) is 0. The summed E-state index contributed by atoms with van der Waals surface area (Å²) in [5.41, 5.74) is -0.523. The van der Waals surface area contributed by atoms with Crippen molar-refractivity contribution in [2.24, 2.45) is 0 Å². The van der Waals surface area contributed by atoms with Crippen LogP contribution in [0.2, 0.25) is 0 Å². The standard InChI is InChI=1S/C16H12N4O5S/c21-12-11(15(23)24)19-13(20-14(12)22)9-6-26-7-10(9)18-16(25)17-8-4-2-1-3-5-8/h1-7,21H,(H,23,24)(H2,17,18,25)(H,19,20,22). The van der Waals surface area contributed by atoms with E-state index < -0.39 is 29.0 Å². The van der Waals surface area contributed by atoms with Crippen molar-refractivity contribution in [3.05, 3.63) is 57.1 Å². The Balaban J connectivity index is 1.88. The van der Waals surface area contributed by atoms with Crippen LogP contribution in [0.1, 0.15) is 10.5 Å². The van der Waals surface area contributed by atoms with Crippen LogP contribution in [0.5, 0.6) is 5.75 Å². The number of urea groups is 1. The number of rotatable bonds is 4. The van der Waals surface area contributed by atoms with Crippen molar-refractivity contribution in [1.29, 1.82) is 0 Å². The summed E-state index contributed by atoms with van der Waals surface area (Å²) in [6.07, 6.45) is 0. The quantitative estimate of drug-likeness (QED) is 0.476. The number of aromatic nitrogens is 2. The lowest BCUT2D eigenvalue weighted by molar-refractivity contribution is 0.0686. The second kappa shape index (κ2) is 7.07. The number of thiophene rings is 1. The Morgan fingerprint density at radius 2 is 1.85 bits per heavy atom. The van der Waals surface area contributed by atoms with Crippen molar-refractivity contribution in [2.75, 3.05) is 10.6 Å². The zero-order valence-electron chi connectivity index (χ0n) is 13.0. The minimum atomic E-state index is -1.54. The van der Waals surface area contributed by atoms with Gasteiger partial charge >= 0.3 is 12.0 Å². The van der Waals surface area contributed by atoms with Gasteiger partial charge in [0.25, 0.3) is 5.56 Å². The highest BCUT2D eigenvalue weighted by atomic mass is 32.1. The van der Waals surface area contributed by atoms with E-state index >= 15 is 0 Å². The number of carboxylic acids is 1. The molecule has 9 nitrogen and oxygen atoms in total. The zero-order valence-corrected chi connectivity index (χ0v) is 13.8. The van der Waals surface area contributed by atoms with Crippen molar-refractivity contribution >= 4 is 34.7 Å². The first-order valence-corrected chi connectivity index (χ1v) is 8.16. The van der Waals surface area contributed by atoms with Crippen LogP contribution in [0, 0.1) is 0 Å². The zero-order chi connectivity index (χ0) is 18.7. The third kappa shape index (κ3) is 3.54. The van der Waals surface area contributed by atoms with Gasteiger partial charge in [0.1, 0.15) is 5.82 Å². The number of aromatic carboxylic acids is 1. The predicted octanol–water partition coefficient (Wildman–Crippen LogP) is 2.55. The third-order valence-electron chi connectivity index (χ3n) is 3.29. The summed E-state index contributed by atoms with van der Waals surface area (Å²) in [6.45, 7) is 0. The molecule has 0 saturated carbocycles. The number of benzene rings is 1. The number of nitrogens with zero attached hydrogens (tertiary/aromatic N) is 1. The van der Waals surface area contributed by atoms with Gasteiger partial charge in [0.2, 0.25) is 5.75 Å². The molecular formula is C16H12N4O5S. The Bertz CT molecular complexity index is 1030. The van der Waals surface area contributed by atoms with Crippen LogP contribution in [0.3, 0.4) is 0 Å². The van der Waals surface area contributed by atoms with E-state index in [1.807, 2.05) is 6.07 Å². The number of para-hydroxylation sites is 1. The van der Waals surface area contributed by atoms with Gasteiger partial charge in [-0.3, -0.25) is 4.79 Å². The maximum atomic E-state index is 12.1. The molecule has 3 rings (SSSR count). The third-order valence-corrected chi connectivity index (χ3v) is 4.04. The average Bonchev–Trinajstić information content (AvgIpc) is 3.05. The lowest BCUT2D eigenvalue weighted by Gasteiger charge is -2.09. The van der Waals surface area contributed by atoms with Crippen molar-refractivity contribution in [2.45, 2.75) is 0 Å². The molecule has 10 heteroatoms. The minimum Gasteiger partial charge on any atom is -0.501 e. The van der Waals surface area contributed by atoms with Crippen LogP contribution in [-0.2, 0) is 0 Å². The van der Waals surface area contributed by atoms with E-state index in [0.29, 0.717) is 16.9 Å². The highest BCUT2D eigenvalue weighted by molar-refractivity contribution is 7.08. The molecule has 0 aliphatic carbocycles. The molecule has 1 aromatic carbocycles. The Morgan fingerprint density at radius 1 is 1.12 bits per heavy atom. The van der Waals surface area contributed by atoms with Crippen molar-refractivity contribution < 1.29 is 19.8 Å². The number of anilines is 2. The molecule has 132 valence electrons. The Kier molecular flexibility index (Phi) is 4.67. The number of carboxylic acid groups (broad SMARTS) is 1. The van der Waals surface area contributed by atoms with Gasteiger partial charge in [-0.2, -0.15) is 0 Å². The average molecular weight is 372 g/mol. The Hall–Kier alpha value is -3.66. The van der Waals surface area contributed by atoms with Crippen LogP contribution >= 0.6 is 11.3 Å². The maximum absolute atomic E-state index is 12.1. The number of aromatic hydroxyl groups is 1. The smallest absolute Gasteiger partial charge is 0.358 e. The van der Waals surface area contributed by atoms with E-state index in [0.717, 1.165) is 0 Å². The molecule has 0 spiro atoms. The molecule has 2 heterocycles. The second-order valence-electron chi connectivity index (χ2n) is 5.06. The molecule has 0 fully saturated rings. The van der Waals surface area contributed by atoms with Gasteiger partial charge in [-0.1, -0.05) is 18.2 Å². The highest BCUT2D eigenvalue weighted by Crippen LogP contribution is 2.30. The summed E-state index contributed by atoms with van der Waals surface area (Å²) in [6, 6.07) is 8.26. The van der Waals surface area contributed by atoms with Gasteiger partial charge < -0.3 is 25.8 Å². The molecule has 26 heavy (non-hydrogen) atoms. The first-order chi connectivity index (χ1) is 12.5. The molecular weight excluding hydrogens is 360 g/mol. The van der Waals surface area contributed by atoms with Crippen molar-refractivity contribution in [3.8, 4) is 17.1 Å². The van der Waals surface area contributed by atoms with Gasteiger partial charge in [0.15, 0.2) is 5.69 Å². The number of hydrogen-bond acceptors (Lipinski definition) is 6. The SMILES string of the molecule is O=C(Nc1ccccc1)Nc1cscc1-c1nc(C(=O)O)c(O)c(=O)[nH]1. The summed E-state index contributed by atoms with van der Waals surface area (Å²) < 4.78 is 0. The van der Waals surface area contributed by atoms with E-state index in [4.69, 9.17) is 5.11 Å². The number of amides is 2. The van der Waals surface area contributed by atoms with E-state index in [1.165, 1.54) is 11.3 Å². The highest BCUT2D eigenvalue weighted by Gasteiger charge is 2.19. The van der Waals surface area contributed by atoms with Crippen LogP contribution in [-0.4, -0.2) is 32.2 Å². The normalized spacial score (nSPS) is 10.3. The van der Waals surface area contributed by atoms with Crippen LogP contribution < -0.4 is 16.2 Å². The van der Waals surface area contributed by atoms with Crippen LogP contribution in [0.4, 0.5) is 16.2 Å². The molecule has 0 atom stereocenters.